The van der Waals surface area contributed by atoms with Crippen LogP contribution in [0.3, 0.4) is 0 Å². The second-order valence-corrected chi connectivity index (χ2v) is 8.61. The lowest BCUT2D eigenvalue weighted by Crippen LogP contribution is -2.34. The molecule has 5 nitrogen and oxygen atoms in total. The van der Waals surface area contributed by atoms with Crippen LogP contribution >= 0.6 is 23.2 Å². The predicted octanol–water partition coefficient (Wildman–Crippen LogP) is 4.79. The van der Waals surface area contributed by atoms with E-state index in [-0.39, 0.29) is 27.9 Å². The molecule has 2 aromatic carbocycles. The van der Waals surface area contributed by atoms with E-state index in [0.717, 1.165) is 11.1 Å². The first-order valence-electron chi connectivity index (χ1n) is 8.52. The fourth-order valence-electron chi connectivity index (χ4n) is 2.85. The molecule has 0 heterocycles. The summed E-state index contributed by atoms with van der Waals surface area (Å²) in [5.74, 6) is -1.07. The summed E-state index contributed by atoms with van der Waals surface area (Å²) in [6, 6.07) is 9.66. The van der Waals surface area contributed by atoms with Gasteiger partial charge in [-0.15, -0.1) is 0 Å². The summed E-state index contributed by atoms with van der Waals surface area (Å²) in [7, 11) is -4.03. The van der Waals surface area contributed by atoms with E-state index < -0.39 is 16.0 Å². The number of hydrogen-bond acceptors (Lipinski definition) is 3. The highest BCUT2D eigenvalue weighted by Crippen LogP contribution is 2.33. The zero-order valence-electron chi connectivity index (χ0n) is 15.1. The lowest BCUT2D eigenvalue weighted by molar-refractivity contribution is -0.136. The Morgan fingerprint density at radius 2 is 1.63 bits per heavy atom. The molecule has 0 aliphatic heterocycles. The predicted molar refractivity (Wildman–Crippen MR) is 108 cm³/mol. The number of nitrogens with zero attached hydrogens (tertiary/aromatic N) is 1. The van der Waals surface area contributed by atoms with Crippen LogP contribution < -0.4 is 4.31 Å². The zero-order valence-corrected chi connectivity index (χ0v) is 17.4. The van der Waals surface area contributed by atoms with Gasteiger partial charge >= 0.3 is 5.97 Å². The Morgan fingerprint density at radius 3 is 2.11 bits per heavy atom. The molecule has 0 amide bonds. The van der Waals surface area contributed by atoms with Crippen molar-refractivity contribution in [3.63, 3.8) is 0 Å². The van der Waals surface area contributed by atoms with Crippen LogP contribution in [0, 0.1) is 0 Å². The molecule has 0 unspecified atom stereocenters. The van der Waals surface area contributed by atoms with Crippen LogP contribution in [0.4, 0.5) is 5.69 Å². The summed E-state index contributed by atoms with van der Waals surface area (Å²) in [6.45, 7) is 3.68. The molecular weight excluding hydrogens is 409 g/mol. The smallest absolute Gasteiger partial charge is 0.305 e. The molecule has 0 atom stereocenters. The van der Waals surface area contributed by atoms with Crippen molar-refractivity contribution in [3.05, 3.63) is 57.6 Å². The number of para-hydroxylation sites is 1. The fourth-order valence-corrected chi connectivity index (χ4v) is 4.78. The lowest BCUT2D eigenvalue weighted by atomic mass is 10.0. The largest absolute Gasteiger partial charge is 0.481 e. The van der Waals surface area contributed by atoms with Gasteiger partial charge in [-0.25, -0.2) is 8.42 Å². The number of carboxylic acid groups (broad SMARTS) is 1. The Labute approximate surface area is 169 Å². The summed E-state index contributed by atoms with van der Waals surface area (Å²) >= 11 is 11.9. The number of hydrogen-bond donors (Lipinski definition) is 1. The summed E-state index contributed by atoms with van der Waals surface area (Å²) in [4.78, 5) is 11.1. The topological polar surface area (TPSA) is 74.7 Å². The van der Waals surface area contributed by atoms with E-state index in [1.54, 1.807) is 0 Å². The number of anilines is 1. The first kappa shape index (κ1) is 21.5. The number of sulfonamides is 1. The van der Waals surface area contributed by atoms with Gasteiger partial charge in [-0.2, -0.15) is 0 Å². The Bertz CT molecular complexity index is 922. The molecule has 146 valence electrons. The van der Waals surface area contributed by atoms with Crippen LogP contribution in [0.5, 0.6) is 0 Å². The lowest BCUT2D eigenvalue weighted by Gasteiger charge is -2.28. The van der Waals surface area contributed by atoms with Gasteiger partial charge < -0.3 is 5.11 Å². The maximum atomic E-state index is 13.4. The molecule has 0 aromatic heterocycles. The molecule has 0 spiro atoms. The molecule has 0 aliphatic carbocycles. The third-order valence-electron chi connectivity index (χ3n) is 4.22. The Hall–Kier alpha value is -1.76. The van der Waals surface area contributed by atoms with Crippen molar-refractivity contribution in [2.75, 3.05) is 10.8 Å². The van der Waals surface area contributed by atoms with Gasteiger partial charge in [-0.3, -0.25) is 9.10 Å². The highest BCUT2D eigenvalue weighted by Gasteiger charge is 2.29. The minimum atomic E-state index is -4.03. The second kappa shape index (κ2) is 8.95. The van der Waals surface area contributed by atoms with Crippen LogP contribution in [0.1, 0.15) is 31.4 Å². The van der Waals surface area contributed by atoms with E-state index in [0.29, 0.717) is 18.5 Å². The average molecular weight is 430 g/mol. The van der Waals surface area contributed by atoms with Crippen LogP contribution in [0.25, 0.3) is 0 Å². The van der Waals surface area contributed by atoms with Crippen molar-refractivity contribution in [1.82, 2.24) is 0 Å². The maximum absolute atomic E-state index is 13.4. The Kier molecular flexibility index (Phi) is 7.14. The van der Waals surface area contributed by atoms with Gasteiger partial charge in [0.2, 0.25) is 0 Å². The van der Waals surface area contributed by atoms with Gasteiger partial charge in [0, 0.05) is 6.54 Å². The summed E-state index contributed by atoms with van der Waals surface area (Å²) in [5.41, 5.74) is 2.21. The van der Waals surface area contributed by atoms with Gasteiger partial charge in [0.15, 0.2) is 0 Å². The summed E-state index contributed by atoms with van der Waals surface area (Å²) in [5, 5.41) is 9.49. The van der Waals surface area contributed by atoms with Gasteiger partial charge in [0.05, 0.1) is 27.0 Å². The maximum Gasteiger partial charge on any atom is 0.305 e. The van der Waals surface area contributed by atoms with Crippen molar-refractivity contribution < 1.29 is 18.3 Å². The van der Waals surface area contributed by atoms with E-state index in [4.69, 9.17) is 28.3 Å². The minimum Gasteiger partial charge on any atom is -0.481 e. The van der Waals surface area contributed by atoms with Crippen LogP contribution in [0.15, 0.2) is 41.3 Å². The third kappa shape index (κ3) is 4.75. The fraction of sp³-hybridized carbons (Fsp3) is 0.316. The highest BCUT2D eigenvalue weighted by molar-refractivity contribution is 7.92. The van der Waals surface area contributed by atoms with Crippen molar-refractivity contribution in [1.29, 1.82) is 0 Å². The second-order valence-electron chi connectivity index (χ2n) is 5.93. The zero-order chi connectivity index (χ0) is 20.2. The molecular formula is C19H21Cl2NO4S. The van der Waals surface area contributed by atoms with Crippen molar-refractivity contribution in [3.8, 4) is 0 Å². The molecule has 0 radical (unpaired) electrons. The van der Waals surface area contributed by atoms with Gasteiger partial charge in [-0.05, 0) is 42.2 Å². The average Bonchev–Trinajstić information content (AvgIpc) is 2.63. The minimum absolute atomic E-state index is 0.0322. The molecule has 0 saturated heterocycles. The van der Waals surface area contributed by atoms with E-state index in [1.165, 1.54) is 22.5 Å². The Balaban J connectivity index is 2.68. The number of carboxylic acids is 1. The van der Waals surface area contributed by atoms with Gasteiger partial charge in [0.25, 0.3) is 10.0 Å². The van der Waals surface area contributed by atoms with Crippen LogP contribution in [-0.4, -0.2) is 26.0 Å². The highest BCUT2D eigenvalue weighted by atomic mass is 35.5. The van der Waals surface area contributed by atoms with E-state index >= 15 is 0 Å². The quantitative estimate of drug-likeness (QED) is 0.654. The normalized spacial score (nSPS) is 11.4. The van der Waals surface area contributed by atoms with Crippen LogP contribution in [-0.2, 0) is 27.7 Å². The molecule has 2 rings (SSSR count). The number of rotatable bonds is 8. The monoisotopic (exact) mass is 429 g/mol. The van der Waals surface area contributed by atoms with Crippen molar-refractivity contribution >= 4 is 44.9 Å². The van der Waals surface area contributed by atoms with E-state index in [1.807, 2.05) is 32.0 Å². The summed E-state index contributed by atoms with van der Waals surface area (Å²) in [6.07, 6.45) is 0.912. The molecule has 27 heavy (non-hydrogen) atoms. The molecule has 2 aromatic rings. The van der Waals surface area contributed by atoms with Crippen LogP contribution in [0.2, 0.25) is 10.0 Å². The molecule has 1 N–H and O–H groups in total. The molecule has 0 aliphatic rings. The first-order valence-corrected chi connectivity index (χ1v) is 10.7. The van der Waals surface area contributed by atoms with E-state index in [2.05, 4.69) is 0 Å². The molecule has 8 heteroatoms. The molecule has 0 bridgehead atoms. The SMILES string of the molecule is CCc1cccc(CC)c1N(CCC(=O)O)S(=O)(=O)c1ccc(Cl)c(Cl)c1. The molecule has 0 saturated carbocycles. The standard InChI is InChI=1S/C19H21Cl2NO4S/c1-3-13-6-5-7-14(4-2)19(13)22(11-10-18(23)24)27(25,26)15-8-9-16(20)17(21)12-15/h5-9,12H,3-4,10-11H2,1-2H3,(H,23,24). The van der Waals surface area contributed by atoms with Gasteiger partial charge in [0.1, 0.15) is 0 Å². The van der Waals surface area contributed by atoms with Crippen molar-refractivity contribution in [2.45, 2.75) is 38.0 Å². The first-order chi connectivity index (χ1) is 12.7. The number of aryl methyl sites for hydroxylation is 2. The van der Waals surface area contributed by atoms with Crippen molar-refractivity contribution in [2.24, 2.45) is 0 Å². The summed E-state index contributed by atoms with van der Waals surface area (Å²) < 4.78 is 27.9. The number of aliphatic carboxylic acids is 1. The van der Waals surface area contributed by atoms with E-state index in [9.17, 15) is 13.2 Å². The molecule has 0 fully saturated rings. The number of benzene rings is 2. The third-order valence-corrected chi connectivity index (χ3v) is 6.76. The number of halogens is 2. The number of carbonyl (C=O) groups is 1. The Morgan fingerprint density at radius 1 is 1.04 bits per heavy atom. The van der Waals surface area contributed by atoms with Gasteiger partial charge in [-0.1, -0.05) is 55.2 Å².